The van der Waals surface area contributed by atoms with Crippen molar-refractivity contribution in [1.82, 2.24) is 9.21 Å². The number of hydrogen-bond acceptors (Lipinski definition) is 3. The molecule has 5 nitrogen and oxygen atoms in total. The summed E-state index contributed by atoms with van der Waals surface area (Å²) < 4.78 is 78.1. The second kappa shape index (κ2) is 8.73. The molecule has 0 atom stereocenters. The van der Waals surface area contributed by atoms with E-state index in [4.69, 9.17) is 0 Å². The van der Waals surface area contributed by atoms with E-state index in [-0.39, 0.29) is 44.3 Å². The van der Waals surface area contributed by atoms with Gasteiger partial charge in [-0.25, -0.2) is 12.8 Å². The predicted octanol–water partition coefficient (Wildman–Crippen LogP) is 3.31. The minimum absolute atomic E-state index is 0.000860. The van der Waals surface area contributed by atoms with Crippen molar-refractivity contribution >= 4 is 15.9 Å². The Balaban J connectivity index is 1.59. The van der Waals surface area contributed by atoms with Gasteiger partial charge in [-0.05, 0) is 42.3 Å². The molecule has 0 radical (unpaired) electrons. The molecule has 30 heavy (non-hydrogen) atoms. The summed E-state index contributed by atoms with van der Waals surface area (Å²) in [6.07, 6.45) is -4.00. The van der Waals surface area contributed by atoms with Gasteiger partial charge < -0.3 is 4.90 Å². The summed E-state index contributed by atoms with van der Waals surface area (Å²) in [7, 11) is -4.09. The van der Waals surface area contributed by atoms with Gasteiger partial charge in [0.2, 0.25) is 15.9 Å². The second-order valence-electron chi connectivity index (χ2n) is 6.94. The van der Waals surface area contributed by atoms with Gasteiger partial charge in [-0.1, -0.05) is 18.2 Å². The van der Waals surface area contributed by atoms with Crippen molar-refractivity contribution in [3.05, 3.63) is 65.5 Å². The van der Waals surface area contributed by atoms with E-state index in [1.807, 2.05) is 0 Å². The number of carbonyl (C=O) groups excluding carboxylic acids is 1. The molecule has 0 bridgehead atoms. The molecule has 1 aliphatic heterocycles. The normalized spacial score (nSPS) is 15.9. The zero-order chi connectivity index (χ0) is 21.9. The summed E-state index contributed by atoms with van der Waals surface area (Å²) in [5.74, 6) is -0.515. The van der Waals surface area contributed by atoms with Crippen LogP contribution in [0.15, 0.2) is 53.4 Å². The molecule has 1 aliphatic rings. The van der Waals surface area contributed by atoms with Crippen molar-refractivity contribution < 1.29 is 30.8 Å². The third-order valence-electron chi connectivity index (χ3n) is 4.93. The fraction of sp³-hybridized carbons (Fsp3) is 0.350. The monoisotopic (exact) mass is 444 g/mol. The largest absolute Gasteiger partial charge is 0.416 e. The van der Waals surface area contributed by atoms with Crippen molar-refractivity contribution in [2.24, 2.45) is 0 Å². The van der Waals surface area contributed by atoms with Crippen LogP contribution in [-0.2, 0) is 27.4 Å². The first-order valence-electron chi connectivity index (χ1n) is 9.27. The molecular formula is C20H20F4N2O3S. The molecule has 0 aliphatic carbocycles. The smallest absolute Gasteiger partial charge is 0.340 e. The first kappa shape index (κ1) is 22.2. The topological polar surface area (TPSA) is 57.7 Å². The molecule has 3 rings (SSSR count). The van der Waals surface area contributed by atoms with Crippen molar-refractivity contribution in [1.29, 1.82) is 0 Å². The van der Waals surface area contributed by atoms with Gasteiger partial charge in [-0.2, -0.15) is 17.5 Å². The average molecular weight is 444 g/mol. The summed E-state index contributed by atoms with van der Waals surface area (Å²) >= 11 is 0. The lowest BCUT2D eigenvalue weighted by Crippen LogP contribution is -2.50. The minimum Gasteiger partial charge on any atom is -0.340 e. The Hall–Kier alpha value is -2.46. The summed E-state index contributed by atoms with van der Waals surface area (Å²) in [5.41, 5.74) is -0.214. The highest BCUT2D eigenvalue weighted by Gasteiger charge is 2.34. The number of rotatable bonds is 5. The quantitative estimate of drug-likeness (QED) is 0.665. The van der Waals surface area contributed by atoms with Gasteiger partial charge in [0.1, 0.15) is 5.82 Å². The van der Waals surface area contributed by atoms with Gasteiger partial charge in [0.15, 0.2) is 0 Å². The molecule has 162 valence electrons. The molecule has 2 aromatic rings. The first-order valence-corrected chi connectivity index (χ1v) is 10.7. The van der Waals surface area contributed by atoms with E-state index in [0.717, 1.165) is 28.1 Å². The van der Waals surface area contributed by atoms with Crippen molar-refractivity contribution in [3.63, 3.8) is 0 Å². The maximum absolute atomic E-state index is 12.9. The third kappa shape index (κ3) is 5.17. The van der Waals surface area contributed by atoms with Gasteiger partial charge in [0.25, 0.3) is 0 Å². The molecule has 1 amide bonds. The van der Waals surface area contributed by atoms with E-state index in [9.17, 15) is 30.8 Å². The van der Waals surface area contributed by atoms with Crippen molar-refractivity contribution in [2.45, 2.75) is 23.9 Å². The zero-order valence-corrected chi connectivity index (χ0v) is 16.7. The molecule has 10 heteroatoms. The van der Waals surface area contributed by atoms with E-state index in [0.29, 0.717) is 12.5 Å². The number of aryl methyl sites for hydroxylation is 1. The standard InChI is InChI=1S/C20H20F4N2O3S/c21-17-7-4-15(5-8-17)6-9-19(27)25-10-12-26(13-11-25)30(28,29)18-3-1-2-16(14-18)20(22,23)24/h1-5,7-8,14H,6,9-13H2. The molecule has 0 spiro atoms. The Kier molecular flexibility index (Phi) is 6.47. The van der Waals surface area contributed by atoms with Crippen LogP contribution in [0.5, 0.6) is 0 Å². The predicted molar refractivity (Wildman–Crippen MR) is 102 cm³/mol. The maximum Gasteiger partial charge on any atom is 0.416 e. The van der Waals surface area contributed by atoms with Gasteiger partial charge in [0, 0.05) is 32.6 Å². The van der Waals surface area contributed by atoms with Crippen LogP contribution >= 0.6 is 0 Å². The van der Waals surface area contributed by atoms with Crippen LogP contribution in [-0.4, -0.2) is 49.7 Å². The summed E-state index contributed by atoms with van der Waals surface area (Å²) in [4.78, 5) is 13.5. The molecule has 0 aromatic heterocycles. The Bertz CT molecular complexity index is 999. The van der Waals surface area contributed by atoms with Crippen molar-refractivity contribution in [2.75, 3.05) is 26.2 Å². The number of benzene rings is 2. The average Bonchev–Trinajstić information content (AvgIpc) is 2.72. The molecule has 2 aromatic carbocycles. The fourth-order valence-corrected chi connectivity index (χ4v) is 4.69. The lowest BCUT2D eigenvalue weighted by Gasteiger charge is -2.34. The number of halogens is 4. The van der Waals surface area contributed by atoms with E-state index >= 15 is 0 Å². The van der Waals surface area contributed by atoms with Crippen LogP contribution in [0.2, 0.25) is 0 Å². The maximum atomic E-state index is 12.9. The van der Waals surface area contributed by atoms with Gasteiger partial charge in [0.05, 0.1) is 10.5 Å². The van der Waals surface area contributed by atoms with Crippen molar-refractivity contribution in [3.8, 4) is 0 Å². The third-order valence-corrected chi connectivity index (χ3v) is 6.83. The van der Waals surface area contributed by atoms with Gasteiger partial charge in [-0.15, -0.1) is 0 Å². The zero-order valence-electron chi connectivity index (χ0n) is 15.9. The molecule has 0 N–H and O–H groups in total. The summed E-state index contributed by atoms with van der Waals surface area (Å²) in [6.45, 7) is 0.308. The van der Waals surface area contributed by atoms with Gasteiger partial charge >= 0.3 is 6.18 Å². The van der Waals surface area contributed by atoms with Crippen LogP contribution < -0.4 is 0 Å². The molecule has 0 unspecified atom stereocenters. The van der Waals surface area contributed by atoms with E-state index in [1.165, 1.54) is 17.0 Å². The second-order valence-corrected chi connectivity index (χ2v) is 8.87. The number of carbonyl (C=O) groups is 1. The van der Waals surface area contributed by atoms with Crippen LogP contribution in [0.3, 0.4) is 0 Å². The molecule has 1 saturated heterocycles. The highest BCUT2D eigenvalue weighted by Crippen LogP contribution is 2.31. The Morgan fingerprint density at radius 2 is 1.60 bits per heavy atom. The minimum atomic E-state index is -4.64. The van der Waals surface area contributed by atoms with Crippen LogP contribution in [0.4, 0.5) is 17.6 Å². The molecule has 1 fully saturated rings. The number of nitrogens with zero attached hydrogens (tertiary/aromatic N) is 2. The highest BCUT2D eigenvalue weighted by atomic mass is 32.2. The number of piperazine rings is 1. The van der Waals surface area contributed by atoms with E-state index < -0.39 is 26.7 Å². The van der Waals surface area contributed by atoms with Crippen LogP contribution in [0.25, 0.3) is 0 Å². The van der Waals surface area contributed by atoms with Crippen LogP contribution in [0.1, 0.15) is 17.5 Å². The first-order chi connectivity index (χ1) is 14.1. The Morgan fingerprint density at radius 1 is 0.967 bits per heavy atom. The lowest BCUT2D eigenvalue weighted by atomic mass is 10.1. The number of hydrogen-bond donors (Lipinski definition) is 0. The molecular weight excluding hydrogens is 424 g/mol. The summed E-state index contributed by atoms with van der Waals surface area (Å²) in [6, 6.07) is 9.46. The van der Waals surface area contributed by atoms with E-state index in [2.05, 4.69) is 0 Å². The fourth-order valence-electron chi connectivity index (χ4n) is 3.22. The van der Waals surface area contributed by atoms with Gasteiger partial charge in [-0.3, -0.25) is 4.79 Å². The molecule has 0 saturated carbocycles. The van der Waals surface area contributed by atoms with Crippen LogP contribution in [0, 0.1) is 5.82 Å². The Morgan fingerprint density at radius 3 is 2.20 bits per heavy atom. The van der Waals surface area contributed by atoms with E-state index in [1.54, 1.807) is 12.1 Å². The summed E-state index contributed by atoms with van der Waals surface area (Å²) in [5, 5.41) is 0. The SMILES string of the molecule is O=C(CCc1ccc(F)cc1)N1CCN(S(=O)(=O)c2cccc(C(F)(F)F)c2)CC1. The number of sulfonamides is 1. The number of alkyl halides is 3. The lowest BCUT2D eigenvalue weighted by molar-refractivity contribution is -0.137. The number of amides is 1. The Labute approximate surface area is 172 Å². The highest BCUT2D eigenvalue weighted by molar-refractivity contribution is 7.89. The molecule has 1 heterocycles.